The van der Waals surface area contributed by atoms with E-state index in [9.17, 15) is 14.4 Å². The molecule has 0 saturated heterocycles. The number of rotatable bonds is 50. The highest BCUT2D eigenvalue weighted by Gasteiger charge is 2.19. The van der Waals surface area contributed by atoms with Gasteiger partial charge >= 0.3 is 17.9 Å². The first-order chi connectivity index (χ1) is 33.0. The molecule has 0 unspecified atom stereocenters. The number of allylic oxidation sites excluding steroid dienone is 14. The van der Waals surface area contributed by atoms with E-state index in [1.54, 1.807) is 0 Å². The average Bonchev–Trinajstić information content (AvgIpc) is 3.33. The summed E-state index contributed by atoms with van der Waals surface area (Å²) in [6, 6.07) is 0. The Balaban J connectivity index is 4.45. The van der Waals surface area contributed by atoms with Crippen molar-refractivity contribution in [3.05, 3.63) is 85.1 Å². The van der Waals surface area contributed by atoms with Crippen molar-refractivity contribution >= 4 is 17.9 Å². The maximum Gasteiger partial charge on any atom is 0.306 e. The number of carbonyl (C=O) groups excluding carboxylic acids is 3. The lowest BCUT2D eigenvalue weighted by Crippen LogP contribution is -2.30. The lowest BCUT2D eigenvalue weighted by molar-refractivity contribution is -0.167. The highest BCUT2D eigenvalue weighted by Crippen LogP contribution is 2.14. The summed E-state index contributed by atoms with van der Waals surface area (Å²) in [5.74, 6) is -0.948. The lowest BCUT2D eigenvalue weighted by Gasteiger charge is -2.18. The van der Waals surface area contributed by atoms with Crippen molar-refractivity contribution in [1.82, 2.24) is 0 Å². The summed E-state index contributed by atoms with van der Waals surface area (Å²) < 4.78 is 16.8. The molecule has 0 amide bonds. The Kier molecular flexibility index (Phi) is 52.4. The molecule has 0 N–H and O–H groups in total. The second kappa shape index (κ2) is 55.2. The Bertz CT molecular complexity index is 1300. The van der Waals surface area contributed by atoms with Crippen LogP contribution in [0.5, 0.6) is 0 Å². The lowest BCUT2D eigenvalue weighted by atomic mass is 10.1. The van der Waals surface area contributed by atoms with E-state index in [4.69, 9.17) is 14.2 Å². The highest BCUT2D eigenvalue weighted by molar-refractivity contribution is 5.71. The van der Waals surface area contributed by atoms with Crippen molar-refractivity contribution in [3.63, 3.8) is 0 Å². The van der Waals surface area contributed by atoms with E-state index in [2.05, 4.69) is 106 Å². The highest BCUT2D eigenvalue weighted by atomic mass is 16.6. The molecule has 0 aliphatic heterocycles. The SMILES string of the molecule is CC/C=C\C/C=C\C/C=C\C/C=C\CCCCC(=O)O[C@H](COC(=O)CCCCCCCCC/C=C\C/C=C\CCCCC)COC(=O)CCCCCCCCC/C=C\CCCCCCCC. The summed E-state index contributed by atoms with van der Waals surface area (Å²) in [4.78, 5) is 38.1. The number of hydrogen-bond acceptors (Lipinski definition) is 6. The zero-order chi connectivity index (χ0) is 48.6. The van der Waals surface area contributed by atoms with Crippen LogP contribution in [-0.2, 0) is 28.6 Å². The zero-order valence-corrected chi connectivity index (χ0v) is 43.9. The largest absolute Gasteiger partial charge is 0.462 e. The third-order valence-electron chi connectivity index (χ3n) is 11.9. The van der Waals surface area contributed by atoms with Crippen LogP contribution in [0.2, 0.25) is 0 Å². The second-order valence-electron chi connectivity index (χ2n) is 18.5. The molecule has 0 aliphatic carbocycles. The van der Waals surface area contributed by atoms with E-state index in [0.717, 1.165) is 89.9 Å². The average molecular weight is 933 g/mol. The number of carbonyl (C=O) groups is 3. The van der Waals surface area contributed by atoms with Gasteiger partial charge in [0.15, 0.2) is 6.10 Å². The first kappa shape index (κ1) is 63.6. The van der Waals surface area contributed by atoms with Crippen molar-refractivity contribution in [2.24, 2.45) is 0 Å². The standard InChI is InChI=1S/C61H104O6/c1-4-7-10-13-16-19-22-25-28-30-33-35-38-41-44-47-50-53-59(62)65-56-58(67-61(64)55-52-49-46-43-40-37-32-27-24-21-18-15-12-9-6-3)57-66-60(63)54-51-48-45-42-39-36-34-31-29-26-23-20-17-14-11-8-5-2/h9,12,16,18-19,21,25-29,32,40,43,58H,4-8,10-11,13-15,17,20,22-24,30-31,33-39,41-42,44-57H2,1-3H3/b12-9-,19-16-,21-18-,28-25-,29-26-,32-27-,43-40-/t58-/m1/s1. The van der Waals surface area contributed by atoms with Gasteiger partial charge in [0.1, 0.15) is 13.2 Å². The van der Waals surface area contributed by atoms with E-state index in [1.807, 2.05) is 0 Å². The number of ether oxygens (including phenoxy) is 3. The van der Waals surface area contributed by atoms with Crippen molar-refractivity contribution in [3.8, 4) is 0 Å². The Labute approximate surface area is 414 Å². The van der Waals surface area contributed by atoms with Crippen LogP contribution in [-0.4, -0.2) is 37.2 Å². The van der Waals surface area contributed by atoms with E-state index < -0.39 is 6.10 Å². The molecular weight excluding hydrogens is 829 g/mol. The fourth-order valence-electron chi connectivity index (χ4n) is 7.63. The predicted molar refractivity (Wildman–Crippen MR) is 288 cm³/mol. The fourth-order valence-corrected chi connectivity index (χ4v) is 7.63. The van der Waals surface area contributed by atoms with E-state index in [0.29, 0.717) is 19.3 Å². The minimum absolute atomic E-state index is 0.0980. The van der Waals surface area contributed by atoms with Gasteiger partial charge in [-0.3, -0.25) is 14.4 Å². The Morgan fingerprint density at radius 3 is 0.985 bits per heavy atom. The zero-order valence-electron chi connectivity index (χ0n) is 43.9. The molecule has 6 nitrogen and oxygen atoms in total. The van der Waals surface area contributed by atoms with Gasteiger partial charge in [-0.05, 0) is 116 Å². The van der Waals surface area contributed by atoms with Gasteiger partial charge in [0.05, 0.1) is 0 Å². The molecule has 0 fully saturated rings. The van der Waals surface area contributed by atoms with Crippen LogP contribution in [0, 0.1) is 0 Å². The van der Waals surface area contributed by atoms with Crippen LogP contribution in [0.1, 0.15) is 265 Å². The quantitative estimate of drug-likeness (QED) is 0.0262. The molecule has 0 radical (unpaired) electrons. The van der Waals surface area contributed by atoms with Gasteiger partial charge in [0.25, 0.3) is 0 Å². The van der Waals surface area contributed by atoms with Crippen LogP contribution < -0.4 is 0 Å². The second-order valence-corrected chi connectivity index (χ2v) is 18.5. The van der Waals surface area contributed by atoms with E-state index >= 15 is 0 Å². The summed E-state index contributed by atoms with van der Waals surface area (Å²) in [5, 5.41) is 0. The summed E-state index contributed by atoms with van der Waals surface area (Å²) in [7, 11) is 0. The van der Waals surface area contributed by atoms with Gasteiger partial charge in [0, 0.05) is 19.3 Å². The minimum Gasteiger partial charge on any atom is -0.462 e. The maximum atomic E-state index is 12.8. The summed E-state index contributed by atoms with van der Waals surface area (Å²) in [6.07, 6.45) is 71.4. The number of unbranched alkanes of at least 4 members (excludes halogenated alkanes) is 25. The molecule has 0 bridgehead atoms. The molecule has 0 aromatic carbocycles. The van der Waals surface area contributed by atoms with Crippen LogP contribution in [0.3, 0.4) is 0 Å². The summed E-state index contributed by atoms with van der Waals surface area (Å²) in [5.41, 5.74) is 0. The van der Waals surface area contributed by atoms with Crippen molar-refractivity contribution in [2.45, 2.75) is 271 Å². The van der Waals surface area contributed by atoms with Crippen molar-refractivity contribution in [2.75, 3.05) is 13.2 Å². The number of hydrogen-bond donors (Lipinski definition) is 0. The van der Waals surface area contributed by atoms with Gasteiger partial charge < -0.3 is 14.2 Å². The minimum atomic E-state index is -0.804. The van der Waals surface area contributed by atoms with Gasteiger partial charge in [-0.25, -0.2) is 0 Å². The van der Waals surface area contributed by atoms with E-state index in [1.165, 1.54) is 128 Å². The Morgan fingerprint density at radius 2 is 0.582 bits per heavy atom. The Hall–Kier alpha value is -3.41. The molecule has 0 aliphatic rings. The van der Waals surface area contributed by atoms with Crippen LogP contribution in [0.4, 0.5) is 0 Å². The first-order valence-corrected chi connectivity index (χ1v) is 28.1. The molecular formula is C61H104O6. The van der Waals surface area contributed by atoms with Crippen LogP contribution in [0.25, 0.3) is 0 Å². The molecule has 67 heavy (non-hydrogen) atoms. The molecule has 0 saturated carbocycles. The van der Waals surface area contributed by atoms with Crippen molar-refractivity contribution in [1.29, 1.82) is 0 Å². The molecule has 0 aromatic heterocycles. The predicted octanol–water partition coefficient (Wildman–Crippen LogP) is 18.8. The Morgan fingerprint density at radius 1 is 0.313 bits per heavy atom. The molecule has 6 heteroatoms. The summed E-state index contributed by atoms with van der Waals surface area (Å²) in [6.45, 7) is 6.46. The van der Waals surface area contributed by atoms with Gasteiger partial charge in [-0.2, -0.15) is 0 Å². The number of esters is 3. The molecule has 384 valence electrons. The van der Waals surface area contributed by atoms with Gasteiger partial charge in [-0.15, -0.1) is 0 Å². The maximum absolute atomic E-state index is 12.8. The third kappa shape index (κ3) is 53.4. The van der Waals surface area contributed by atoms with E-state index in [-0.39, 0.29) is 37.5 Å². The smallest absolute Gasteiger partial charge is 0.306 e. The monoisotopic (exact) mass is 933 g/mol. The van der Waals surface area contributed by atoms with Gasteiger partial charge in [-0.1, -0.05) is 215 Å². The summed E-state index contributed by atoms with van der Waals surface area (Å²) >= 11 is 0. The molecule has 0 rings (SSSR count). The normalized spacial score (nSPS) is 12.7. The molecule has 1 atom stereocenters. The van der Waals surface area contributed by atoms with Gasteiger partial charge in [0.2, 0.25) is 0 Å². The van der Waals surface area contributed by atoms with Crippen LogP contribution >= 0.6 is 0 Å². The first-order valence-electron chi connectivity index (χ1n) is 28.1. The van der Waals surface area contributed by atoms with Crippen LogP contribution in [0.15, 0.2) is 85.1 Å². The third-order valence-corrected chi connectivity index (χ3v) is 11.9. The topological polar surface area (TPSA) is 78.9 Å². The van der Waals surface area contributed by atoms with Crippen molar-refractivity contribution < 1.29 is 28.6 Å². The fraction of sp³-hybridized carbons (Fsp3) is 0.721. The molecule has 0 aromatic rings. The molecule has 0 spiro atoms. The molecule has 0 heterocycles.